The lowest BCUT2D eigenvalue weighted by atomic mass is 10.1. The number of unbranched alkanes of at least 4 members (excludes halogenated alkanes) is 1. The molecule has 0 amide bonds. The second-order valence-electron chi connectivity index (χ2n) is 4.46. The molecule has 0 radical (unpaired) electrons. The summed E-state index contributed by atoms with van der Waals surface area (Å²) >= 11 is 0. The molecule has 0 aliphatic carbocycles. The Bertz CT molecular complexity index is 262. The second-order valence-corrected chi connectivity index (χ2v) is 4.46. The van der Waals surface area contributed by atoms with Gasteiger partial charge in [0, 0.05) is 13.3 Å². The Balaban J connectivity index is 2.25. The predicted octanol–water partition coefficient (Wildman–Crippen LogP) is 2.16. The third-order valence-corrected chi connectivity index (χ3v) is 2.88. The van der Waals surface area contributed by atoms with Crippen LogP contribution in [0.5, 0.6) is 0 Å². The summed E-state index contributed by atoms with van der Waals surface area (Å²) in [4.78, 5) is 10.5. The number of carbonyl (C=O) groups excluding carboxylic acids is 1. The van der Waals surface area contributed by atoms with Crippen LogP contribution in [-0.4, -0.2) is 29.4 Å². The van der Waals surface area contributed by atoms with Crippen molar-refractivity contribution in [1.82, 2.24) is 0 Å². The van der Waals surface area contributed by atoms with Crippen molar-refractivity contribution >= 4 is 5.97 Å². The fraction of sp³-hybridized carbons (Fsp3) is 0.769. The summed E-state index contributed by atoms with van der Waals surface area (Å²) in [5.74, 6) is -0.338. The monoisotopic (exact) mass is 242 g/mol. The Kier molecular flexibility index (Phi) is 6.22. The van der Waals surface area contributed by atoms with Crippen LogP contribution in [0.3, 0.4) is 0 Å². The van der Waals surface area contributed by atoms with Crippen molar-refractivity contribution < 1.29 is 19.4 Å². The van der Waals surface area contributed by atoms with Gasteiger partial charge in [-0.25, -0.2) is 0 Å². The van der Waals surface area contributed by atoms with Gasteiger partial charge in [0.1, 0.15) is 0 Å². The van der Waals surface area contributed by atoms with Crippen molar-refractivity contribution in [1.29, 1.82) is 0 Å². The molecule has 1 rings (SSSR count). The lowest BCUT2D eigenvalue weighted by molar-refractivity contribution is -0.135. The third kappa shape index (κ3) is 5.33. The normalized spacial score (nSPS) is 28.8. The van der Waals surface area contributed by atoms with E-state index in [0.717, 1.165) is 19.3 Å². The molecule has 98 valence electrons. The van der Waals surface area contributed by atoms with Gasteiger partial charge in [-0.05, 0) is 18.9 Å². The average Bonchev–Trinajstić information content (AvgIpc) is 2.62. The number of esters is 1. The number of aliphatic hydroxyl groups excluding tert-OH is 1. The molecule has 1 aliphatic rings. The number of ether oxygens (including phenoxy) is 2. The van der Waals surface area contributed by atoms with Crippen LogP contribution in [0.15, 0.2) is 12.3 Å². The highest BCUT2D eigenvalue weighted by Gasteiger charge is 2.32. The van der Waals surface area contributed by atoms with E-state index in [9.17, 15) is 9.90 Å². The van der Waals surface area contributed by atoms with Crippen LogP contribution < -0.4 is 0 Å². The van der Waals surface area contributed by atoms with Crippen molar-refractivity contribution in [3.05, 3.63) is 12.3 Å². The molecule has 0 aromatic rings. The van der Waals surface area contributed by atoms with Crippen molar-refractivity contribution in [3.63, 3.8) is 0 Å². The van der Waals surface area contributed by atoms with Crippen LogP contribution in [0.4, 0.5) is 0 Å². The van der Waals surface area contributed by atoms with Gasteiger partial charge in [0.2, 0.25) is 0 Å². The van der Waals surface area contributed by atoms with Crippen molar-refractivity contribution in [3.8, 4) is 0 Å². The molecule has 0 bridgehead atoms. The largest absolute Gasteiger partial charge is 0.435 e. The van der Waals surface area contributed by atoms with Gasteiger partial charge >= 0.3 is 5.97 Å². The van der Waals surface area contributed by atoms with E-state index in [2.05, 4.69) is 11.7 Å². The summed E-state index contributed by atoms with van der Waals surface area (Å²) in [6.07, 6.45) is 7.27. The summed E-state index contributed by atoms with van der Waals surface area (Å²) in [5.41, 5.74) is 0. The minimum absolute atomic E-state index is 0.163. The van der Waals surface area contributed by atoms with E-state index in [0.29, 0.717) is 12.8 Å². The van der Waals surface area contributed by atoms with E-state index in [4.69, 9.17) is 4.74 Å². The first-order chi connectivity index (χ1) is 8.13. The number of aliphatic hydroxyl groups is 1. The van der Waals surface area contributed by atoms with E-state index in [-0.39, 0.29) is 18.2 Å². The van der Waals surface area contributed by atoms with Gasteiger partial charge < -0.3 is 14.6 Å². The Morgan fingerprint density at radius 1 is 1.59 bits per heavy atom. The Hall–Kier alpha value is -0.870. The average molecular weight is 242 g/mol. The zero-order valence-corrected chi connectivity index (χ0v) is 10.6. The predicted molar refractivity (Wildman–Crippen MR) is 64.3 cm³/mol. The van der Waals surface area contributed by atoms with Crippen LogP contribution in [0.1, 0.15) is 46.0 Å². The quantitative estimate of drug-likeness (QED) is 0.573. The maximum Gasteiger partial charge on any atom is 0.307 e. The van der Waals surface area contributed by atoms with Crippen LogP contribution in [-0.2, 0) is 14.3 Å². The molecule has 4 nitrogen and oxygen atoms in total. The maximum atomic E-state index is 10.5. The van der Waals surface area contributed by atoms with Gasteiger partial charge in [-0.3, -0.25) is 4.79 Å². The van der Waals surface area contributed by atoms with Gasteiger partial charge in [0.15, 0.2) is 0 Å². The molecule has 0 spiro atoms. The van der Waals surface area contributed by atoms with Crippen molar-refractivity contribution in [2.45, 2.75) is 64.3 Å². The van der Waals surface area contributed by atoms with Gasteiger partial charge in [0.25, 0.3) is 0 Å². The molecule has 1 saturated heterocycles. The molecule has 1 aliphatic heterocycles. The molecule has 0 aromatic heterocycles. The van der Waals surface area contributed by atoms with E-state index in [1.165, 1.54) is 13.2 Å². The van der Waals surface area contributed by atoms with E-state index >= 15 is 0 Å². The maximum absolute atomic E-state index is 10.5. The Labute approximate surface area is 103 Å². The fourth-order valence-electron chi connectivity index (χ4n) is 1.98. The summed E-state index contributed by atoms with van der Waals surface area (Å²) < 4.78 is 10.4. The molecule has 1 fully saturated rings. The van der Waals surface area contributed by atoms with Gasteiger partial charge in [-0.15, -0.1) is 0 Å². The van der Waals surface area contributed by atoms with E-state index in [1.54, 1.807) is 6.08 Å². The van der Waals surface area contributed by atoms with Crippen LogP contribution in [0.25, 0.3) is 0 Å². The molecule has 4 heteroatoms. The molecule has 0 saturated carbocycles. The van der Waals surface area contributed by atoms with Gasteiger partial charge in [-0.2, -0.15) is 0 Å². The number of carbonyl (C=O) groups is 1. The minimum Gasteiger partial charge on any atom is -0.435 e. The SMILES string of the molecule is CCCC[C@H]1C[C@@H](O)[C@H](CC=COC(C)=O)O1. The molecule has 0 unspecified atom stereocenters. The smallest absolute Gasteiger partial charge is 0.307 e. The molecule has 1 N–H and O–H groups in total. The topological polar surface area (TPSA) is 55.8 Å². The lowest BCUT2D eigenvalue weighted by Crippen LogP contribution is -2.19. The zero-order chi connectivity index (χ0) is 12.7. The first kappa shape index (κ1) is 14.2. The highest BCUT2D eigenvalue weighted by atomic mass is 16.5. The summed E-state index contributed by atoms with van der Waals surface area (Å²) in [6.45, 7) is 3.50. The lowest BCUT2D eigenvalue weighted by Gasteiger charge is -2.12. The third-order valence-electron chi connectivity index (χ3n) is 2.88. The second kappa shape index (κ2) is 7.45. The Morgan fingerprint density at radius 2 is 2.35 bits per heavy atom. The Morgan fingerprint density at radius 3 is 3.00 bits per heavy atom. The first-order valence-corrected chi connectivity index (χ1v) is 6.29. The molecule has 3 atom stereocenters. The molecule has 1 heterocycles. The van der Waals surface area contributed by atoms with Crippen LogP contribution in [0, 0.1) is 0 Å². The van der Waals surface area contributed by atoms with Gasteiger partial charge in [0.05, 0.1) is 24.6 Å². The molecular weight excluding hydrogens is 220 g/mol. The van der Waals surface area contributed by atoms with Crippen LogP contribution >= 0.6 is 0 Å². The highest BCUT2D eigenvalue weighted by molar-refractivity contribution is 5.66. The first-order valence-electron chi connectivity index (χ1n) is 6.29. The van der Waals surface area contributed by atoms with E-state index in [1.807, 2.05) is 0 Å². The van der Waals surface area contributed by atoms with Crippen molar-refractivity contribution in [2.75, 3.05) is 0 Å². The van der Waals surface area contributed by atoms with E-state index < -0.39 is 6.10 Å². The number of hydrogen-bond acceptors (Lipinski definition) is 4. The standard InChI is InChI=1S/C13H22O4/c1-3-4-6-11-9-12(15)13(17-11)7-5-8-16-10(2)14/h5,8,11-13,15H,3-4,6-7,9H2,1-2H3/t11-,12+,13-/m0/s1. The van der Waals surface area contributed by atoms with Crippen LogP contribution in [0.2, 0.25) is 0 Å². The van der Waals surface area contributed by atoms with Gasteiger partial charge in [-0.1, -0.05) is 19.8 Å². The summed E-state index contributed by atoms with van der Waals surface area (Å²) in [5, 5.41) is 9.80. The molecule has 0 aromatic carbocycles. The number of rotatable bonds is 6. The molecule has 17 heavy (non-hydrogen) atoms. The number of hydrogen-bond donors (Lipinski definition) is 1. The minimum atomic E-state index is -0.404. The summed E-state index contributed by atoms with van der Waals surface area (Å²) in [6, 6.07) is 0. The molecular formula is C13H22O4. The zero-order valence-electron chi connectivity index (χ0n) is 10.6. The summed E-state index contributed by atoms with van der Waals surface area (Å²) in [7, 11) is 0. The highest BCUT2D eigenvalue weighted by Crippen LogP contribution is 2.26. The van der Waals surface area contributed by atoms with Crippen molar-refractivity contribution in [2.24, 2.45) is 0 Å². The fourth-order valence-corrected chi connectivity index (χ4v) is 1.98.